The molecule has 0 saturated heterocycles. The molecule has 0 spiro atoms. The molecule has 0 aromatic rings. The van der Waals surface area contributed by atoms with Crippen LogP contribution in [-0.4, -0.2) is 28.7 Å². The molecular weight excluding hydrogens is 250 g/mol. The summed E-state index contributed by atoms with van der Waals surface area (Å²) in [7, 11) is 0. The molecule has 0 radical (unpaired) electrons. The Kier molecular flexibility index (Phi) is 5.09. The molecule has 1 amide bonds. The molecule has 0 N–H and O–H groups in total. The molecule has 1 aliphatic rings. The molecular formula is C14H24ClNO2. The van der Waals surface area contributed by atoms with E-state index in [-0.39, 0.29) is 18.2 Å². The maximum absolute atomic E-state index is 12.2. The Labute approximate surface area is 115 Å². The molecule has 1 heterocycles. The van der Waals surface area contributed by atoms with Crippen LogP contribution in [0, 0.1) is 0 Å². The smallest absolute Gasteiger partial charge is 0.411 e. The van der Waals surface area contributed by atoms with Crippen molar-refractivity contribution in [3.63, 3.8) is 0 Å². The predicted octanol–water partition coefficient (Wildman–Crippen LogP) is 4.31. The highest BCUT2D eigenvalue weighted by Crippen LogP contribution is 2.28. The minimum Gasteiger partial charge on any atom is -0.444 e. The van der Waals surface area contributed by atoms with Crippen LogP contribution in [-0.2, 0) is 4.74 Å². The van der Waals surface area contributed by atoms with E-state index < -0.39 is 5.60 Å². The summed E-state index contributed by atoms with van der Waals surface area (Å²) in [5.74, 6) is 0. The van der Waals surface area contributed by atoms with Crippen LogP contribution < -0.4 is 0 Å². The van der Waals surface area contributed by atoms with Gasteiger partial charge in [-0.1, -0.05) is 24.9 Å². The van der Waals surface area contributed by atoms with Crippen molar-refractivity contribution in [2.75, 3.05) is 0 Å². The zero-order chi connectivity index (χ0) is 13.9. The van der Waals surface area contributed by atoms with Gasteiger partial charge in [-0.3, -0.25) is 4.90 Å². The van der Waals surface area contributed by atoms with E-state index in [0.717, 1.165) is 17.9 Å². The first-order chi connectivity index (χ1) is 8.24. The van der Waals surface area contributed by atoms with E-state index in [0.29, 0.717) is 6.42 Å². The average molecular weight is 274 g/mol. The summed E-state index contributed by atoms with van der Waals surface area (Å²) in [4.78, 5) is 14.1. The van der Waals surface area contributed by atoms with Crippen molar-refractivity contribution >= 4 is 17.7 Å². The van der Waals surface area contributed by atoms with Gasteiger partial charge in [0.2, 0.25) is 0 Å². The van der Waals surface area contributed by atoms with E-state index in [9.17, 15) is 4.79 Å². The second-order valence-electron chi connectivity index (χ2n) is 5.91. The summed E-state index contributed by atoms with van der Waals surface area (Å²) < 4.78 is 5.47. The zero-order valence-electron chi connectivity index (χ0n) is 12.0. The van der Waals surface area contributed by atoms with Crippen LogP contribution in [0.25, 0.3) is 0 Å². The molecule has 0 aliphatic carbocycles. The fraction of sp³-hybridized carbons (Fsp3) is 0.786. The molecule has 2 atom stereocenters. The van der Waals surface area contributed by atoms with Gasteiger partial charge in [0.1, 0.15) is 5.60 Å². The summed E-state index contributed by atoms with van der Waals surface area (Å²) in [5, 5.41) is 0.848. The summed E-state index contributed by atoms with van der Waals surface area (Å²) >= 11 is 6.13. The monoisotopic (exact) mass is 273 g/mol. The van der Waals surface area contributed by atoms with E-state index >= 15 is 0 Å². The molecule has 0 fully saturated rings. The van der Waals surface area contributed by atoms with Gasteiger partial charge in [-0.2, -0.15) is 0 Å². The molecule has 18 heavy (non-hydrogen) atoms. The number of amides is 1. The number of ether oxygens (including phenoxy) is 1. The van der Waals surface area contributed by atoms with Crippen LogP contribution in [0.3, 0.4) is 0 Å². The highest BCUT2D eigenvalue weighted by Gasteiger charge is 2.33. The maximum Gasteiger partial charge on any atom is 0.411 e. The van der Waals surface area contributed by atoms with Gasteiger partial charge < -0.3 is 4.74 Å². The molecule has 3 nitrogen and oxygen atoms in total. The lowest BCUT2D eigenvalue weighted by Gasteiger charge is -2.39. The topological polar surface area (TPSA) is 29.5 Å². The van der Waals surface area contributed by atoms with Gasteiger partial charge >= 0.3 is 6.09 Å². The number of nitrogens with zero attached hydrogens (tertiary/aromatic N) is 1. The van der Waals surface area contributed by atoms with Crippen LogP contribution in [0.1, 0.15) is 53.9 Å². The Morgan fingerprint density at radius 2 is 2.17 bits per heavy atom. The van der Waals surface area contributed by atoms with Crippen molar-refractivity contribution in [2.45, 2.75) is 71.6 Å². The Hall–Kier alpha value is -0.700. The Morgan fingerprint density at radius 1 is 1.56 bits per heavy atom. The number of hydrogen-bond donors (Lipinski definition) is 0. The minimum absolute atomic E-state index is 0.0566. The van der Waals surface area contributed by atoms with Gasteiger partial charge in [0.15, 0.2) is 0 Å². The minimum atomic E-state index is -0.460. The van der Waals surface area contributed by atoms with Gasteiger partial charge in [-0.15, -0.1) is 0 Å². The standard InChI is InChI=1S/C14H24ClNO2/c1-6-7-12-9-11(15)8-10(2)16(12)13(17)18-14(3,4)5/h9-10,12H,6-8H2,1-5H3/t10-,12+/m1/s1. The molecule has 1 aliphatic heterocycles. The first-order valence-electron chi connectivity index (χ1n) is 6.62. The third-order valence-electron chi connectivity index (χ3n) is 2.88. The van der Waals surface area contributed by atoms with E-state index in [1.54, 1.807) is 0 Å². The highest BCUT2D eigenvalue weighted by molar-refractivity contribution is 6.29. The quantitative estimate of drug-likeness (QED) is 0.750. The van der Waals surface area contributed by atoms with Crippen molar-refractivity contribution in [2.24, 2.45) is 0 Å². The van der Waals surface area contributed by atoms with Crippen molar-refractivity contribution < 1.29 is 9.53 Å². The van der Waals surface area contributed by atoms with Crippen LogP contribution in [0.5, 0.6) is 0 Å². The first kappa shape index (κ1) is 15.4. The zero-order valence-corrected chi connectivity index (χ0v) is 12.8. The second kappa shape index (κ2) is 5.96. The SMILES string of the molecule is CCC[C@H]1C=C(Cl)C[C@@H](C)N1C(=O)OC(C)(C)C. The van der Waals surface area contributed by atoms with Crippen molar-refractivity contribution in [1.82, 2.24) is 4.90 Å². The first-order valence-corrected chi connectivity index (χ1v) is 7.00. The van der Waals surface area contributed by atoms with Crippen LogP contribution >= 0.6 is 11.6 Å². The number of hydrogen-bond acceptors (Lipinski definition) is 2. The fourth-order valence-corrected chi connectivity index (χ4v) is 2.58. The van der Waals surface area contributed by atoms with Crippen LogP contribution in [0.15, 0.2) is 11.1 Å². The van der Waals surface area contributed by atoms with Gasteiger partial charge in [0, 0.05) is 17.5 Å². The number of halogens is 1. The fourth-order valence-electron chi connectivity index (χ4n) is 2.21. The summed E-state index contributed by atoms with van der Waals surface area (Å²) in [6.45, 7) is 9.78. The molecule has 0 saturated carbocycles. The number of rotatable bonds is 2. The van der Waals surface area contributed by atoms with Crippen LogP contribution in [0.4, 0.5) is 4.79 Å². The highest BCUT2D eigenvalue weighted by atomic mass is 35.5. The van der Waals surface area contributed by atoms with E-state index in [4.69, 9.17) is 16.3 Å². The lowest BCUT2D eigenvalue weighted by molar-refractivity contribution is 0.00906. The maximum atomic E-state index is 12.2. The largest absolute Gasteiger partial charge is 0.444 e. The number of carbonyl (C=O) groups excluding carboxylic acids is 1. The predicted molar refractivity (Wildman–Crippen MR) is 74.8 cm³/mol. The summed E-state index contributed by atoms with van der Waals surface area (Å²) in [6, 6.07) is 0.148. The number of carbonyl (C=O) groups is 1. The van der Waals surface area contributed by atoms with Crippen LogP contribution in [0.2, 0.25) is 0 Å². The summed E-state index contributed by atoms with van der Waals surface area (Å²) in [6.07, 6.45) is 4.38. The van der Waals surface area contributed by atoms with E-state index in [1.807, 2.05) is 38.7 Å². The van der Waals surface area contributed by atoms with Crippen molar-refractivity contribution in [3.8, 4) is 0 Å². The molecule has 104 valence electrons. The average Bonchev–Trinajstić information content (AvgIpc) is 2.13. The second-order valence-corrected chi connectivity index (χ2v) is 6.40. The van der Waals surface area contributed by atoms with Crippen molar-refractivity contribution in [1.29, 1.82) is 0 Å². The molecule has 0 aromatic carbocycles. The van der Waals surface area contributed by atoms with Gasteiger partial charge in [0.05, 0.1) is 6.04 Å². The van der Waals surface area contributed by atoms with Gasteiger partial charge in [-0.25, -0.2) is 4.79 Å². The van der Waals surface area contributed by atoms with Gasteiger partial charge in [-0.05, 0) is 40.2 Å². The van der Waals surface area contributed by atoms with E-state index in [1.165, 1.54) is 0 Å². The van der Waals surface area contributed by atoms with E-state index in [2.05, 4.69) is 6.92 Å². The third kappa shape index (κ3) is 4.20. The molecule has 1 rings (SSSR count). The van der Waals surface area contributed by atoms with Crippen molar-refractivity contribution in [3.05, 3.63) is 11.1 Å². The molecule has 4 heteroatoms. The Morgan fingerprint density at radius 3 is 2.67 bits per heavy atom. The normalized spacial score (nSPS) is 24.8. The third-order valence-corrected chi connectivity index (χ3v) is 3.16. The molecule has 0 aromatic heterocycles. The Bertz CT molecular complexity index is 333. The summed E-state index contributed by atoms with van der Waals surface area (Å²) in [5.41, 5.74) is -0.460. The van der Waals surface area contributed by atoms with Gasteiger partial charge in [0.25, 0.3) is 0 Å². The molecule has 0 bridgehead atoms. The lowest BCUT2D eigenvalue weighted by atomic mass is 10.0. The lowest BCUT2D eigenvalue weighted by Crippen LogP contribution is -2.49. The Balaban J connectivity index is 2.85. The molecule has 0 unspecified atom stereocenters.